The number of hydrogen-bond donors (Lipinski definition) is 0. The Balaban J connectivity index is 2.70. The van der Waals surface area contributed by atoms with Crippen LogP contribution in [0.5, 0.6) is 0 Å². The van der Waals surface area contributed by atoms with Crippen molar-refractivity contribution in [2.75, 3.05) is 0 Å². The summed E-state index contributed by atoms with van der Waals surface area (Å²) in [5.41, 5.74) is 1.14. The molecule has 0 fully saturated rings. The minimum absolute atomic E-state index is 0.184. The molecule has 2 rings (SSSR count). The van der Waals surface area contributed by atoms with Crippen molar-refractivity contribution >= 4 is 5.78 Å². The first-order valence-corrected chi connectivity index (χ1v) is 5.21. The Hall–Kier alpha value is -1.25. The predicted octanol–water partition coefficient (Wildman–Crippen LogP) is 2.00. The molecule has 0 aliphatic heterocycles. The van der Waals surface area contributed by atoms with Gasteiger partial charge >= 0.3 is 0 Å². The SMILES string of the molecule is CC1(C)CC(=O)C(C)(C)c2nccnc21. The third-order valence-corrected chi connectivity index (χ3v) is 3.23. The Kier molecular flexibility index (Phi) is 1.97. The molecule has 0 spiro atoms. The third kappa shape index (κ3) is 1.37. The maximum atomic E-state index is 12.0. The predicted molar refractivity (Wildman–Crippen MR) is 57.7 cm³/mol. The number of nitrogens with zero attached hydrogens (tertiary/aromatic N) is 2. The van der Waals surface area contributed by atoms with Crippen LogP contribution in [0, 0.1) is 0 Å². The Labute approximate surface area is 89.9 Å². The molecule has 3 heteroatoms. The van der Waals surface area contributed by atoms with Gasteiger partial charge in [-0.2, -0.15) is 0 Å². The topological polar surface area (TPSA) is 42.9 Å². The molecular formula is C12H16N2O. The standard InChI is InChI=1S/C12H16N2O/c1-11(2)7-8(15)12(3,4)10-9(11)13-5-6-14-10/h5-6H,7H2,1-4H3. The van der Waals surface area contributed by atoms with Gasteiger partial charge in [0.05, 0.1) is 16.8 Å². The smallest absolute Gasteiger partial charge is 0.145 e. The lowest BCUT2D eigenvalue weighted by Crippen LogP contribution is -2.43. The van der Waals surface area contributed by atoms with Gasteiger partial charge in [-0.25, -0.2) is 0 Å². The fourth-order valence-electron chi connectivity index (χ4n) is 2.13. The summed E-state index contributed by atoms with van der Waals surface area (Å²) in [6.45, 7) is 7.96. The lowest BCUT2D eigenvalue weighted by molar-refractivity contribution is -0.125. The average molecular weight is 204 g/mol. The van der Waals surface area contributed by atoms with Gasteiger partial charge in [0.25, 0.3) is 0 Å². The van der Waals surface area contributed by atoms with E-state index in [9.17, 15) is 4.79 Å². The van der Waals surface area contributed by atoms with E-state index < -0.39 is 5.41 Å². The van der Waals surface area contributed by atoms with Crippen LogP contribution in [0.1, 0.15) is 45.5 Å². The zero-order valence-corrected chi connectivity index (χ0v) is 9.66. The van der Waals surface area contributed by atoms with E-state index in [0.29, 0.717) is 6.42 Å². The van der Waals surface area contributed by atoms with Gasteiger partial charge in [0.1, 0.15) is 5.78 Å². The summed E-state index contributed by atoms with van der Waals surface area (Å²) in [6.07, 6.45) is 3.91. The molecule has 0 bridgehead atoms. The van der Waals surface area contributed by atoms with Gasteiger partial charge in [0.2, 0.25) is 0 Å². The van der Waals surface area contributed by atoms with Gasteiger partial charge in [-0.1, -0.05) is 13.8 Å². The second kappa shape index (κ2) is 2.87. The summed E-state index contributed by atoms with van der Waals surface area (Å²) in [5, 5.41) is 0. The van der Waals surface area contributed by atoms with Gasteiger partial charge in [0, 0.05) is 24.2 Å². The van der Waals surface area contributed by atoms with Crippen LogP contribution in [0.4, 0.5) is 0 Å². The molecule has 15 heavy (non-hydrogen) atoms. The second-order valence-electron chi connectivity index (χ2n) is 5.36. The fourth-order valence-corrected chi connectivity index (χ4v) is 2.13. The number of Topliss-reactive ketones (excluding diaryl/α,β-unsaturated/α-hetero) is 1. The molecule has 1 heterocycles. The first-order valence-electron chi connectivity index (χ1n) is 5.21. The number of rotatable bonds is 0. The van der Waals surface area contributed by atoms with Crippen molar-refractivity contribution in [3.63, 3.8) is 0 Å². The average Bonchev–Trinajstić information content (AvgIpc) is 2.15. The van der Waals surface area contributed by atoms with E-state index in [1.54, 1.807) is 12.4 Å². The fraction of sp³-hybridized carbons (Fsp3) is 0.583. The van der Waals surface area contributed by atoms with Crippen molar-refractivity contribution in [2.24, 2.45) is 0 Å². The van der Waals surface area contributed by atoms with E-state index in [4.69, 9.17) is 0 Å². The van der Waals surface area contributed by atoms with Crippen LogP contribution >= 0.6 is 0 Å². The highest BCUT2D eigenvalue weighted by atomic mass is 16.1. The zero-order valence-electron chi connectivity index (χ0n) is 9.66. The molecular weight excluding hydrogens is 188 g/mol. The molecule has 0 amide bonds. The second-order valence-corrected chi connectivity index (χ2v) is 5.36. The van der Waals surface area contributed by atoms with Crippen molar-refractivity contribution in [2.45, 2.75) is 44.9 Å². The van der Waals surface area contributed by atoms with Crippen LogP contribution in [0.3, 0.4) is 0 Å². The summed E-state index contributed by atoms with van der Waals surface area (Å²) < 4.78 is 0. The molecule has 0 saturated carbocycles. The van der Waals surface area contributed by atoms with E-state index >= 15 is 0 Å². The number of carbonyl (C=O) groups excluding carboxylic acids is 1. The Morgan fingerprint density at radius 2 is 1.60 bits per heavy atom. The van der Waals surface area contributed by atoms with Crippen LogP contribution in [0.15, 0.2) is 12.4 Å². The van der Waals surface area contributed by atoms with Gasteiger partial charge in [-0.15, -0.1) is 0 Å². The molecule has 1 aromatic heterocycles. The van der Waals surface area contributed by atoms with Crippen molar-refractivity contribution in [3.8, 4) is 0 Å². The molecule has 0 atom stereocenters. The summed E-state index contributed by atoms with van der Waals surface area (Å²) in [6, 6.07) is 0. The highest BCUT2D eigenvalue weighted by Crippen LogP contribution is 2.41. The van der Waals surface area contributed by atoms with E-state index in [1.807, 2.05) is 27.7 Å². The van der Waals surface area contributed by atoms with Gasteiger partial charge in [0.15, 0.2) is 0 Å². The monoisotopic (exact) mass is 204 g/mol. The summed E-state index contributed by atoms with van der Waals surface area (Å²) in [7, 11) is 0. The van der Waals surface area contributed by atoms with Gasteiger partial charge in [-0.05, 0) is 13.8 Å². The van der Waals surface area contributed by atoms with Crippen LogP contribution in [0.25, 0.3) is 0 Å². The molecule has 3 nitrogen and oxygen atoms in total. The van der Waals surface area contributed by atoms with Crippen molar-refractivity contribution in [3.05, 3.63) is 23.8 Å². The normalized spacial score (nSPS) is 22.3. The summed E-state index contributed by atoms with van der Waals surface area (Å²) >= 11 is 0. The van der Waals surface area contributed by atoms with Crippen molar-refractivity contribution < 1.29 is 4.79 Å². The third-order valence-electron chi connectivity index (χ3n) is 3.23. The molecule has 0 N–H and O–H groups in total. The summed E-state index contributed by atoms with van der Waals surface area (Å²) in [4.78, 5) is 20.7. The number of ketones is 1. The quantitative estimate of drug-likeness (QED) is 0.649. The first-order chi connectivity index (χ1) is 6.86. The molecule has 80 valence electrons. The Morgan fingerprint density at radius 1 is 1.07 bits per heavy atom. The van der Waals surface area contributed by atoms with E-state index in [0.717, 1.165) is 11.4 Å². The lowest BCUT2D eigenvalue weighted by atomic mass is 9.66. The molecule has 1 aliphatic carbocycles. The maximum Gasteiger partial charge on any atom is 0.145 e. The van der Waals surface area contributed by atoms with E-state index in [2.05, 4.69) is 9.97 Å². The number of aromatic nitrogens is 2. The highest BCUT2D eigenvalue weighted by molar-refractivity contribution is 5.91. The minimum Gasteiger partial charge on any atom is -0.299 e. The van der Waals surface area contributed by atoms with Gasteiger partial charge < -0.3 is 0 Å². The van der Waals surface area contributed by atoms with Crippen LogP contribution in [-0.4, -0.2) is 15.8 Å². The number of carbonyl (C=O) groups is 1. The highest BCUT2D eigenvalue weighted by Gasteiger charge is 2.45. The minimum atomic E-state index is -0.487. The molecule has 0 unspecified atom stereocenters. The van der Waals surface area contributed by atoms with E-state index in [1.165, 1.54) is 0 Å². The molecule has 0 aromatic carbocycles. The maximum absolute atomic E-state index is 12.0. The van der Waals surface area contributed by atoms with Gasteiger partial charge in [-0.3, -0.25) is 14.8 Å². The summed E-state index contributed by atoms with van der Waals surface area (Å²) in [5.74, 6) is 0.250. The number of fused-ring (bicyclic) bond motifs is 1. The Morgan fingerprint density at radius 3 is 2.20 bits per heavy atom. The van der Waals surface area contributed by atoms with Crippen LogP contribution in [0.2, 0.25) is 0 Å². The Bertz CT molecular complexity index is 421. The number of hydrogen-bond acceptors (Lipinski definition) is 3. The van der Waals surface area contributed by atoms with Crippen molar-refractivity contribution in [1.82, 2.24) is 9.97 Å². The van der Waals surface area contributed by atoms with E-state index in [-0.39, 0.29) is 11.2 Å². The van der Waals surface area contributed by atoms with Crippen molar-refractivity contribution in [1.29, 1.82) is 0 Å². The molecule has 1 aromatic rings. The zero-order chi connectivity index (χ0) is 11.3. The van der Waals surface area contributed by atoms with Crippen LogP contribution in [-0.2, 0) is 15.6 Å². The largest absolute Gasteiger partial charge is 0.299 e. The first kappa shape index (κ1) is 10.3. The lowest BCUT2D eigenvalue weighted by Gasteiger charge is -2.37. The molecule has 0 radical (unpaired) electrons. The molecule has 1 aliphatic rings. The van der Waals surface area contributed by atoms with Crippen LogP contribution < -0.4 is 0 Å². The molecule has 0 saturated heterocycles.